The average Bonchev–Trinajstić information content (AvgIpc) is 3.43. The summed E-state index contributed by atoms with van der Waals surface area (Å²) >= 11 is 1.17. The van der Waals surface area contributed by atoms with Crippen molar-refractivity contribution < 1.29 is 14.0 Å². The Balaban J connectivity index is 1.39. The van der Waals surface area contributed by atoms with Gasteiger partial charge in [0, 0.05) is 12.0 Å². The van der Waals surface area contributed by atoms with Gasteiger partial charge in [-0.25, -0.2) is 4.39 Å². The van der Waals surface area contributed by atoms with Crippen LogP contribution in [0.15, 0.2) is 115 Å². The Morgan fingerprint density at radius 1 is 0.718 bits per heavy atom. The van der Waals surface area contributed by atoms with E-state index in [1.165, 1.54) is 23.5 Å². The lowest BCUT2D eigenvalue weighted by molar-refractivity contribution is -0.126. The molecule has 1 atom stereocenters. The largest absolute Gasteiger partial charge is 0.343 e. The number of carbonyl (C=O) groups is 2. The smallest absolute Gasteiger partial charge is 0.249 e. The van der Waals surface area contributed by atoms with E-state index in [0.717, 1.165) is 16.7 Å². The van der Waals surface area contributed by atoms with E-state index >= 15 is 0 Å². The van der Waals surface area contributed by atoms with Crippen molar-refractivity contribution in [3.8, 4) is 10.6 Å². The summed E-state index contributed by atoms with van der Waals surface area (Å²) in [5.74, 6) is -1.63. The minimum atomic E-state index is -0.868. The van der Waals surface area contributed by atoms with Crippen molar-refractivity contribution in [1.82, 2.24) is 15.5 Å². The Kier molecular flexibility index (Phi) is 8.14. The lowest BCUT2D eigenvalue weighted by Crippen LogP contribution is -2.47. The number of hydrogen-bond acceptors (Lipinski definition) is 5. The standard InChI is InChI=1S/C31H25FN4O2S/c32-25-18-16-24(17-19-25)30-35-36-31(39-30)34-28(37)26(20-21-10-4-1-5-11-21)33-29(38)27(22-12-6-2-7-13-22)23-14-8-3-9-15-23/h1-19,26-27H,20H2,(H,33,38)(H,34,36,37)/t26-/m1/s1. The van der Waals surface area contributed by atoms with E-state index in [0.29, 0.717) is 17.0 Å². The van der Waals surface area contributed by atoms with Crippen LogP contribution in [-0.4, -0.2) is 28.1 Å². The van der Waals surface area contributed by atoms with Gasteiger partial charge in [0.05, 0.1) is 5.92 Å². The molecule has 0 radical (unpaired) electrons. The highest BCUT2D eigenvalue weighted by Gasteiger charge is 2.28. The topological polar surface area (TPSA) is 84.0 Å². The van der Waals surface area contributed by atoms with Gasteiger partial charge in [0.25, 0.3) is 0 Å². The van der Waals surface area contributed by atoms with Crippen LogP contribution in [0.25, 0.3) is 10.6 Å². The molecule has 5 rings (SSSR count). The first-order valence-electron chi connectivity index (χ1n) is 12.4. The van der Waals surface area contributed by atoms with Crippen LogP contribution < -0.4 is 10.6 Å². The lowest BCUT2D eigenvalue weighted by Gasteiger charge is -2.23. The van der Waals surface area contributed by atoms with Gasteiger partial charge in [0.15, 0.2) is 0 Å². The summed E-state index contributed by atoms with van der Waals surface area (Å²) in [6, 6.07) is 33.5. The van der Waals surface area contributed by atoms with E-state index in [9.17, 15) is 14.0 Å². The van der Waals surface area contributed by atoms with E-state index in [1.54, 1.807) is 12.1 Å². The fraction of sp³-hybridized carbons (Fsp3) is 0.0968. The molecule has 0 saturated carbocycles. The molecule has 2 N–H and O–H groups in total. The summed E-state index contributed by atoms with van der Waals surface area (Å²) < 4.78 is 13.3. The summed E-state index contributed by atoms with van der Waals surface area (Å²) in [5, 5.41) is 14.8. The van der Waals surface area contributed by atoms with Crippen LogP contribution in [0, 0.1) is 5.82 Å². The molecule has 2 amide bonds. The summed E-state index contributed by atoms with van der Waals surface area (Å²) in [6.07, 6.45) is 0.290. The van der Waals surface area contributed by atoms with E-state index in [-0.39, 0.29) is 16.9 Å². The second-order valence-electron chi connectivity index (χ2n) is 8.91. The van der Waals surface area contributed by atoms with Crippen LogP contribution >= 0.6 is 11.3 Å². The van der Waals surface area contributed by atoms with Crippen molar-refractivity contribution in [2.45, 2.75) is 18.4 Å². The van der Waals surface area contributed by atoms with Crippen molar-refractivity contribution >= 4 is 28.3 Å². The van der Waals surface area contributed by atoms with E-state index in [4.69, 9.17) is 0 Å². The number of carbonyl (C=O) groups excluding carboxylic acids is 2. The van der Waals surface area contributed by atoms with Crippen LogP contribution in [0.4, 0.5) is 9.52 Å². The average molecular weight is 537 g/mol. The fourth-order valence-corrected chi connectivity index (χ4v) is 5.03. The highest BCUT2D eigenvalue weighted by molar-refractivity contribution is 7.18. The van der Waals surface area contributed by atoms with Crippen LogP contribution in [-0.2, 0) is 16.0 Å². The predicted octanol–water partition coefficient (Wildman–Crippen LogP) is 5.84. The zero-order valence-corrected chi connectivity index (χ0v) is 21.6. The number of nitrogens with one attached hydrogen (secondary N) is 2. The maximum Gasteiger partial charge on any atom is 0.249 e. The molecular formula is C31H25FN4O2S. The molecule has 194 valence electrons. The number of halogens is 1. The van der Waals surface area contributed by atoms with Gasteiger partial charge in [-0.3, -0.25) is 14.9 Å². The quantitative estimate of drug-likeness (QED) is 0.248. The minimum absolute atomic E-state index is 0.284. The van der Waals surface area contributed by atoms with Crippen LogP contribution in [0.5, 0.6) is 0 Å². The molecule has 39 heavy (non-hydrogen) atoms. The van der Waals surface area contributed by atoms with Crippen LogP contribution in [0.1, 0.15) is 22.6 Å². The molecule has 0 aliphatic rings. The van der Waals surface area contributed by atoms with Crippen molar-refractivity contribution in [3.05, 3.63) is 138 Å². The molecule has 6 nitrogen and oxygen atoms in total. The Morgan fingerprint density at radius 2 is 1.28 bits per heavy atom. The van der Waals surface area contributed by atoms with Crippen molar-refractivity contribution in [2.24, 2.45) is 0 Å². The second kappa shape index (κ2) is 12.2. The number of anilines is 1. The molecule has 0 bridgehead atoms. The maximum atomic E-state index is 13.8. The van der Waals surface area contributed by atoms with E-state index < -0.39 is 17.9 Å². The minimum Gasteiger partial charge on any atom is -0.343 e. The van der Waals surface area contributed by atoms with E-state index in [1.807, 2.05) is 91.0 Å². The second-order valence-corrected chi connectivity index (χ2v) is 9.89. The third-order valence-corrected chi connectivity index (χ3v) is 7.08. The zero-order valence-electron chi connectivity index (χ0n) is 20.8. The molecule has 0 spiro atoms. The number of rotatable bonds is 9. The first kappa shape index (κ1) is 25.9. The summed E-state index contributed by atoms with van der Waals surface area (Å²) in [6.45, 7) is 0. The Labute approximate surface area is 229 Å². The third kappa shape index (κ3) is 6.61. The molecule has 0 fully saturated rings. The molecule has 0 aliphatic carbocycles. The van der Waals surface area contributed by atoms with Crippen LogP contribution in [0.3, 0.4) is 0 Å². The van der Waals surface area contributed by atoms with Crippen LogP contribution in [0.2, 0.25) is 0 Å². The van der Waals surface area contributed by atoms with Gasteiger partial charge in [0.2, 0.25) is 16.9 Å². The highest BCUT2D eigenvalue weighted by atomic mass is 32.1. The normalized spacial score (nSPS) is 11.6. The van der Waals surface area contributed by atoms with Gasteiger partial charge >= 0.3 is 0 Å². The fourth-order valence-electron chi connectivity index (χ4n) is 4.28. The number of hydrogen-bond donors (Lipinski definition) is 2. The molecule has 4 aromatic carbocycles. The van der Waals surface area contributed by atoms with E-state index in [2.05, 4.69) is 20.8 Å². The number of aromatic nitrogens is 2. The molecule has 0 aliphatic heterocycles. The SMILES string of the molecule is O=C(N[C@H](Cc1ccccc1)C(=O)Nc1nnc(-c2ccc(F)cc2)s1)C(c1ccccc1)c1ccccc1. The summed E-state index contributed by atoms with van der Waals surface area (Å²) in [4.78, 5) is 27.3. The molecule has 1 aromatic heterocycles. The molecule has 1 heterocycles. The Hall–Kier alpha value is -4.69. The molecule has 5 aromatic rings. The predicted molar refractivity (Wildman–Crippen MR) is 151 cm³/mol. The van der Waals surface area contributed by atoms with Gasteiger partial charge < -0.3 is 5.32 Å². The van der Waals surface area contributed by atoms with Gasteiger partial charge in [-0.15, -0.1) is 10.2 Å². The molecule has 0 saturated heterocycles. The number of benzene rings is 4. The number of amides is 2. The first-order valence-corrected chi connectivity index (χ1v) is 13.2. The zero-order chi connectivity index (χ0) is 27.0. The summed E-state index contributed by atoms with van der Waals surface area (Å²) in [5.41, 5.74) is 3.25. The Morgan fingerprint density at radius 3 is 1.87 bits per heavy atom. The number of nitrogens with zero attached hydrogens (tertiary/aromatic N) is 2. The van der Waals surface area contributed by atoms with Crippen molar-refractivity contribution in [3.63, 3.8) is 0 Å². The maximum absolute atomic E-state index is 13.8. The van der Waals surface area contributed by atoms with Crippen molar-refractivity contribution in [2.75, 3.05) is 5.32 Å². The highest BCUT2D eigenvalue weighted by Crippen LogP contribution is 2.27. The lowest BCUT2D eigenvalue weighted by atomic mass is 9.90. The van der Waals surface area contributed by atoms with Gasteiger partial charge in [-0.2, -0.15) is 0 Å². The van der Waals surface area contributed by atoms with Gasteiger partial charge in [0.1, 0.15) is 16.9 Å². The van der Waals surface area contributed by atoms with Gasteiger partial charge in [-0.1, -0.05) is 102 Å². The third-order valence-electron chi connectivity index (χ3n) is 6.19. The monoisotopic (exact) mass is 536 g/mol. The molecule has 8 heteroatoms. The molecular weight excluding hydrogens is 511 g/mol. The Bertz CT molecular complexity index is 1490. The first-order chi connectivity index (χ1) is 19.1. The summed E-state index contributed by atoms with van der Waals surface area (Å²) in [7, 11) is 0. The molecule has 0 unspecified atom stereocenters. The van der Waals surface area contributed by atoms with Gasteiger partial charge in [-0.05, 0) is 41.0 Å². The van der Waals surface area contributed by atoms with Crippen molar-refractivity contribution in [1.29, 1.82) is 0 Å².